The molecule has 2 heteroatoms. The van der Waals surface area contributed by atoms with Crippen LogP contribution in [0.2, 0.25) is 0 Å². The van der Waals surface area contributed by atoms with Crippen molar-refractivity contribution >= 4 is 0 Å². The molecule has 0 rings (SSSR count). The molecule has 1 radical (unpaired) electrons. The Kier molecular flexibility index (Phi) is 3.02. The number of hydrogen-bond donors (Lipinski definition) is 0. The van der Waals surface area contributed by atoms with Crippen molar-refractivity contribution in [1.29, 1.82) is 0 Å². The fraction of sp³-hybridized carbons (Fsp3) is 1.00. The van der Waals surface area contributed by atoms with Crippen molar-refractivity contribution in [1.82, 2.24) is 5.90 Å². The Labute approximate surface area is 51.0 Å². The summed E-state index contributed by atoms with van der Waals surface area (Å²) in [7, 11) is 0. The van der Waals surface area contributed by atoms with E-state index in [0.29, 0.717) is 6.61 Å². The first kappa shape index (κ1) is 7.92. The molecule has 2 nitrogen and oxygen atoms in total. The second kappa shape index (κ2) is 3.05. The van der Waals surface area contributed by atoms with Gasteiger partial charge in [-0.3, -0.25) is 4.84 Å². The summed E-state index contributed by atoms with van der Waals surface area (Å²) in [6, 6.07) is 0. The minimum absolute atomic E-state index is 0.182. The van der Waals surface area contributed by atoms with E-state index in [0.717, 1.165) is 6.42 Å². The second-order valence-corrected chi connectivity index (χ2v) is 2.81. The first-order valence-electron chi connectivity index (χ1n) is 2.91. The highest BCUT2D eigenvalue weighted by Gasteiger charge is 2.13. The Morgan fingerprint density at radius 2 is 2.00 bits per heavy atom. The molecule has 0 aliphatic rings. The highest BCUT2D eigenvalue weighted by atomic mass is 16.6. The van der Waals surface area contributed by atoms with Crippen LogP contribution in [0.1, 0.15) is 27.2 Å². The van der Waals surface area contributed by atoms with Gasteiger partial charge in [0.05, 0.1) is 6.61 Å². The summed E-state index contributed by atoms with van der Waals surface area (Å²) < 4.78 is 0. The van der Waals surface area contributed by atoms with Gasteiger partial charge in [0.1, 0.15) is 0 Å². The van der Waals surface area contributed by atoms with Gasteiger partial charge in [-0.1, -0.05) is 20.8 Å². The Morgan fingerprint density at radius 3 is 2.12 bits per heavy atom. The third kappa shape index (κ3) is 2.99. The third-order valence-corrected chi connectivity index (χ3v) is 1.42. The summed E-state index contributed by atoms with van der Waals surface area (Å²) in [5.41, 5.74) is 0.182. The van der Waals surface area contributed by atoms with E-state index in [1.54, 1.807) is 0 Å². The highest BCUT2D eigenvalue weighted by Crippen LogP contribution is 2.18. The van der Waals surface area contributed by atoms with Gasteiger partial charge in [0.25, 0.3) is 0 Å². The molecule has 0 spiro atoms. The molecule has 0 unspecified atom stereocenters. The zero-order valence-corrected chi connectivity index (χ0v) is 5.82. The average molecular weight is 116 g/mol. The third-order valence-electron chi connectivity index (χ3n) is 1.42. The van der Waals surface area contributed by atoms with Gasteiger partial charge in [-0.25, -0.2) is 0 Å². The molecule has 0 aromatic heterocycles. The lowest BCUT2D eigenvalue weighted by Crippen LogP contribution is -2.17. The Morgan fingerprint density at radius 1 is 1.50 bits per heavy atom. The van der Waals surface area contributed by atoms with Crippen LogP contribution in [-0.2, 0) is 4.84 Å². The van der Waals surface area contributed by atoms with E-state index in [2.05, 4.69) is 25.6 Å². The maximum Gasteiger partial charge on any atom is 0.0750 e. The minimum atomic E-state index is 0.182. The lowest BCUT2D eigenvalue weighted by Gasteiger charge is -2.19. The molecule has 0 fully saturated rings. The van der Waals surface area contributed by atoms with Crippen LogP contribution in [-0.4, -0.2) is 6.61 Å². The van der Waals surface area contributed by atoms with Crippen LogP contribution in [0.4, 0.5) is 0 Å². The van der Waals surface area contributed by atoms with E-state index in [-0.39, 0.29) is 5.41 Å². The summed E-state index contributed by atoms with van der Waals surface area (Å²) in [5, 5.41) is 0. The van der Waals surface area contributed by atoms with Crippen LogP contribution in [0, 0.1) is 5.41 Å². The van der Waals surface area contributed by atoms with Gasteiger partial charge in [0, 0.05) is 0 Å². The largest absolute Gasteiger partial charge is 0.285 e. The molecule has 0 bridgehead atoms. The maximum atomic E-state index is 6.46. The topological polar surface area (TPSA) is 33.0 Å². The maximum absolute atomic E-state index is 6.46. The van der Waals surface area contributed by atoms with Crippen LogP contribution in [0.5, 0.6) is 0 Å². The van der Waals surface area contributed by atoms with Gasteiger partial charge in [0.2, 0.25) is 0 Å². The molecule has 0 amide bonds. The van der Waals surface area contributed by atoms with E-state index in [1.165, 1.54) is 0 Å². The SMILES string of the molecule is CCC(C)(C)CO[NH]. The predicted molar refractivity (Wildman–Crippen MR) is 33.1 cm³/mol. The van der Waals surface area contributed by atoms with Crippen LogP contribution in [0.3, 0.4) is 0 Å². The quantitative estimate of drug-likeness (QED) is 0.516. The Bertz CT molecular complexity index is 61.5. The standard InChI is InChI=1S/C6H14NO/c1-4-6(2,3)5-8-7/h7H,4-5H2,1-3H3. The summed E-state index contributed by atoms with van der Waals surface area (Å²) in [5.74, 6) is 6.46. The number of hydrogen-bond acceptors (Lipinski definition) is 1. The van der Waals surface area contributed by atoms with Crippen molar-refractivity contribution in [3.63, 3.8) is 0 Å². The fourth-order valence-electron chi connectivity index (χ4n) is 0.297. The van der Waals surface area contributed by atoms with Crippen molar-refractivity contribution < 1.29 is 4.84 Å². The Balaban J connectivity index is 3.37. The summed E-state index contributed by atoms with van der Waals surface area (Å²) in [6.07, 6.45) is 1.06. The smallest absolute Gasteiger partial charge is 0.0750 e. The number of rotatable bonds is 3. The molecular weight excluding hydrogens is 102 g/mol. The average Bonchev–Trinajstić information content (AvgIpc) is 1.67. The lowest BCUT2D eigenvalue weighted by atomic mass is 9.92. The van der Waals surface area contributed by atoms with Gasteiger partial charge in [0.15, 0.2) is 0 Å². The predicted octanol–water partition coefficient (Wildman–Crippen LogP) is 1.64. The zero-order valence-electron chi connectivity index (χ0n) is 5.82. The van der Waals surface area contributed by atoms with Crippen LogP contribution in [0.25, 0.3) is 0 Å². The molecule has 0 aromatic carbocycles. The first-order chi connectivity index (χ1) is 3.62. The Hall–Kier alpha value is -0.0800. The van der Waals surface area contributed by atoms with Crippen molar-refractivity contribution in [3.05, 3.63) is 0 Å². The summed E-state index contributed by atoms with van der Waals surface area (Å²) in [6.45, 7) is 6.80. The van der Waals surface area contributed by atoms with E-state index in [1.807, 2.05) is 0 Å². The monoisotopic (exact) mass is 116 g/mol. The van der Waals surface area contributed by atoms with Gasteiger partial charge < -0.3 is 0 Å². The van der Waals surface area contributed by atoms with Gasteiger partial charge in [-0.05, 0) is 11.8 Å². The molecule has 0 aliphatic heterocycles. The van der Waals surface area contributed by atoms with Crippen LogP contribution in [0.15, 0.2) is 0 Å². The van der Waals surface area contributed by atoms with Crippen molar-refractivity contribution in [3.8, 4) is 0 Å². The molecule has 0 saturated carbocycles. The van der Waals surface area contributed by atoms with Crippen molar-refractivity contribution in [2.24, 2.45) is 5.41 Å². The molecule has 0 atom stereocenters. The lowest BCUT2D eigenvalue weighted by molar-refractivity contribution is 0.0467. The second-order valence-electron chi connectivity index (χ2n) is 2.81. The van der Waals surface area contributed by atoms with E-state index in [4.69, 9.17) is 5.90 Å². The molecule has 0 aromatic rings. The van der Waals surface area contributed by atoms with E-state index < -0.39 is 0 Å². The van der Waals surface area contributed by atoms with E-state index in [9.17, 15) is 0 Å². The summed E-state index contributed by atoms with van der Waals surface area (Å²) >= 11 is 0. The fourth-order valence-corrected chi connectivity index (χ4v) is 0.297. The van der Waals surface area contributed by atoms with Crippen molar-refractivity contribution in [2.75, 3.05) is 6.61 Å². The zero-order chi connectivity index (χ0) is 6.62. The number of nitrogens with one attached hydrogen (secondary N) is 1. The van der Waals surface area contributed by atoms with Gasteiger partial charge in [-0.2, -0.15) is 0 Å². The molecule has 1 N–H and O–H groups in total. The molecular formula is C6H14NO. The molecule has 8 heavy (non-hydrogen) atoms. The van der Waals surface area contributed by atoms with Gasteiger partial charge in [-0.15, -0.1) is 5.90 Å². The first-order valence-corrected chi connectivity index (χ1v) is 2.91. The normalized spacial score (nSPS) is 12.0. The molecule has 0 heterocycles. The van der Waals surface area contributed by atoms with Crippen LogP contribution >= 0.6 is 0 Å². The van der Waals surface area contributed by atoms with Crippen molar-refractivity contribution in [2.45, 2.75) is 27.2 Å². The van der Waals surface area contributed by atoms with Gasteiger partial charge >= 0.3 is 0 Å². The molecule has 0 saturated heterocycles. The molecule has 49 valence electrons. The van der Waals surface area contributed by atoms with E-state index >= 15 is 0 Å². The highest BCUT2D eigenvalue weighted by molar-refractivity contribution is 4.63. The summed E-state index contributed by atoms with van der Waals surface area (Å²) in [4.78, 5) is 4.25. The minimum Gasteiger partial charge on any atom is -0.285 e. The molecule has 0 aliphatic carbocycles. The van der Waals surface area contributed by atoms with Crippen LogP contribution < -0.4 is 5.90 Å².